The molecule has 0 aliphatic carbocycles. The number of hydrogen-bond acceptors (Lipinski definition) is 4. The van der Waals surface area contributed by atoms with Crippen molar-refractivity contribution in [3.8, 4) is 0 Å². The number of nitrogens with one attached hydrogen (secondary N) is 1. The van der Waals surface area contributed by atoms with E-state index in [0.29, 0.717) is 11.4 Å². The molecule has 0 aliphatic rings. The zero-order valence-corrected chi connectivity index (χ0v) is 22.7. The second-order valence-corrected chi connectivity index (χ2v) is 11.2. The molecule has 3 aromatic carbocycles. The van der Waals surface area contributed by atoms with Crippen LogP contribution in [-0.2, 0) is 26.2 Å². The van der Waals surface area contributed by atoms with Crippen molar-refractivity contribution in [3.05, 3.63) is 95.5 Å². The van der Waals surface area contributed by atoms with E-state index in [9.17, 15) is 18.0 Å². The lowest BCUT2D eigenvalue weighted by atomic mass is 10.1. The molecule has 3 rings (SSSR count). The number of benzene rings is 3. The van der Waals surface area contributed by atoms with Gasteiger partial charge in [-0.1, -0.05) is 73.1 Å². The van der Waals surface area contributed by atoms with Crippen molar-refractivity contribution >= 4 is 39.1 Å². The van der Waals surface area contributed by atoms with Crippen LogP contribution in [0, 0.1) is 0 Å². The Kier molecular flexibility index (Phi) is 9.72. The van der Waals surface area contributed by atoms with Gasteiger partial charge in [0.1, 0.15) is 12.6 Å². The Morgan fingerprint density at radius 3 is 2.11 bits per heavy atom. The minimum absolute atomic E-state index is 0.0435. The van der Waals surface area contributed by atoms with E-state index in [1.807, 2.05) is 51.1 Å². The predicted molar refractivity (Wildman–Crippen MR) is 147 cm³/mol. The van der Waals surface area contributed by atoms with Gasteiger partial charge in [0, 0.05) is 17.6 Å². The van der Waals surface area contributed by atoms with E-state index < -0.39 is 28.5 Å². The van der Waals surface area contributed by atoms with Gasteiger partial charge >= 0.3 is 0 Å². The molecule has 0 spiro atoms. The van der Waals surface area contributed by atoms with Gasteiger partial charge in [-0.2, -0.15) is 0 Å². The summed E-state index contributed by atoms with van der Waals surface area (Å²) in [5.74, 6) is -0.795. The van der Waals surface area contributed by atoms with Gasteiger partial charge in [-0.15, -0.1) is 0 Å². The SMILES string of the molecule is CC[C@@H](C(=O)NC(C)C)N(Cc1ccccc1)C(=O)CN(c1cccc(Cl)c1)S(=O)(=O)c1ccccc1. The summed E-state index contributed by atoms with van der Waals surface area (Å²) in [6, 6.07) is 22.7. The van der Waals surface area contributed by atoms with Crippen molar-refractivity contribution in [3.63, 3.8) is 0 Å². The summed E-state index contributed by atoms with van der Waals surface area (Å²) in [5.41, 5.74) is 1.08. The van der Waals surface area contributed by atoms with Crippen molar-refractivity contribution in [2.45, 2.75) is 50.7 Å². The first-order valence-corrected chi connectivity index (χ1v) is 13.9. The molecule has 0 fully saturated rings. The predicted octanol–water partition coefficient (Wildman–Crippen LogP) is 4.87. The minimum atomic E-state index is -4.12. The van der Waals surface area contributed by atoms with Crippen molar-refractivity contribution in [2.24, 2.45) is 0 Å². The molecule has 3 aromatic rings. The molecule has 2 amide bonds. The molecule has 1 N–H and O–H groups in total. The van der Waals surface area contributed by atoms with Crippen molar-refractivity contribution in [2.75, 3.05) is 10.8 Å². The fourth-order valence-electron chi connectivity index (χ4n) is 3.96. The molecule has 0 aromatic heterocycles. The van der Waals surface area contributed by atoms with Crippen LogP contribution >= 0.6 is 11.6 Å². The van der Waals surface area contributed by atoms with Gasteiger partial charge in [0.25, 0.3) is 10.0 Å². The Labute approximate surface area is 224 Å². The highest BCUT2D eigenvalue weighted by atomic mass is 35.5. The lowest BCUT2D eigenvalue weighted by Crippen LogP contribution is -2.53. The van der Waals surface area contributed by atoms with Crippen LogP contribution in [0.15, 0.2) is 89.8 Å². The smallest absolute Gasteiger partial charge is 0.264 e. The van der Waals surface area contributed by atoms with Gasteiger partial charge in [0.15, 0.2) is 0 Å². The first-order chi connectivity index (χ1) is 17.6. The number of halogens is 1. The number of sulfonamides is 1. The molecule has 0 heterocycles. The Balaban J connectivity index is 2.04. The minimum Gasteiger partial charge on any atom is -0.352 e. The number of rotatable bonds is 11. The van der Waals surface area contributed by atoms with Gasteiger partial charge in [0.2, 0.25) is 11.8 Å². The van der Waals surface area contributed by atoms with Crippen LogP contribution in [0.5, 0.6) is 0 Å². The van der Waals surface area contributed by atoms with Crippen LogP contribution in [0.1, 0.15) is 32.8 Å². The highest BCUT2D eigenvalue weighted by molar-refractivity contribution is 7.92. The van der Waals surface area contributed by atoms with Crippen LogP contribution in [0.2, 0.25) is 5.02 Å². The first kappa shape index (κ1) is 28.2. The summed E-state index contributed by atoms with van der Waals surface area (Å²) >= 11 is 6.18. The maximum Gasteiger partial charge on any atom is 0.264 e. The summed E-state index contributed by atoms with van der Waals surface area (Å²) < 4.78 is 28.5. The molecule has 0 aliphatic heterocycles. The fraction of sp³-hybridized carbons (Fsp3) is 0.286. The highest BCUT2D eigenvalue weighted by Gasteiger charge is 2.33. The van der Waals surface area contributed by atoms with E-state index in [-0.39, 0.29) is 29.1 Å². The van der Waals surface area contributed by atoms with Crippen LogP contribution in [0.3, 0.4) is 0 Å². The van der Waals surface area contributed by atoms with E-state index >= 15 is 0 Å². The lowest BCUT2D eigenvalue weighted by Gasteiger charge is -2.33. The average Bonchev–Trinajstić information content (AvgIpc) is 2.87. The molecule has 9 heteroatoms. The topological polar surface area (TPSA) is 86.8 Å². The number of amides is 2. The quantitative estimate of drug-likeness (QED) is 0.375. The van der Waals surface area contributed by atoms with E-state index in [1.54, 1.807) is 36.4 Å². The van der Waals surface area contributed by atoms with Gasteiger partial charge in [0.05, 0.1) is 10.6 Å². The molecule has 37 heavy (non-hydrogen) atoms. The molecule has 196 valence electrons. The monoisotopic (exact) mass is 541 g/mol. The van der Waals surface area contributed by atoms with E-state index in [2.05, 4.69) is 5.32 Å². The zero-order chi connectivity index (χ0) is 27.0. The summed E-state index contributed by atoms with van der Waals surface area (Å²) in [6.07, 6.45) is 0.361. The highest BCUT2D eigenvalue weighted by Crippen LogP contribution is 2.27. The molecule has 0 unspecified atom stereocenters. The third-order valence-electron chi connectivity index (χ3n) is 5.72. The molecule has 0 radical (unpaired) electrons. The lowest BCUT2D eigenvalue weighted by molar-refractivity contribution is -0.140. The Bertz CT molecular complexity index is 1300. The van der Waals surface area contributed by atoms with Crippen molar-refractivity contribution in [1.82, 2.24) is 10.2 Å². The fourth-order valence-corrected chi connectivity index (χ4v) is 5.57. The summed E-state index contributed by atoms with van der Waals surface area (Å²) in [6.45, 7) is 5.17. The van der Waals surface area contributed by atoms with Gasteiger partial charge < -0.3 is 10.2 Å². The maximum absolute atomic E-state index is 13.9. The van der Waals surface area contributed by atoms with Crippen LogP contribution in [0.4, 0.5) is 5.69 Å². The number of hydrogen-bond donors (Lipinski definition) is 1. The third-order valence-corrected chi connectivity index (χ3v) is 7.74. The molecular formula is C28H32ClN3O4S. The second kappa shape index (κ2) is 12.7. The zero-order valence-electron chi connectivity index (χ0n) is 21.2. The second-order valence-electron chi connectivity index (χ2n) is 8.90. The van der Waals surface area contributed by atoms with Crippen molar-refractivity contribution in [1.29, 1.82) is 0 Å². The molecule has 0 saturated heterocycles. The summed E-state index contributed by atoms with van der Waals surface area (Å²) in [4.78, 5) is 28.5. The molecule has 7 nitrogen and oxygen atoms in total. The van der Waals surface area contributed by atoms with E-state index in [1.165, 1.54) is 23.1 Å². The molecular weight excluding hydrogens is 510 g/mol. The number of nitrogens with zero attached hydrogens (tertiary/aromatic N) is 2. The Morgan fingerprint density at radius 1 is 0.919 bits per heavy atom. The Hall–Kier alpha value is -3.36. The maximum atomic E-state index is 13.9. The standard InChI is InChI=1S/C28H32ClN3O4S/c1-4-26(28(34)30-21(2)3)31(19-22-12-7-5-8-13-22)27(33)20-32(24-15-11-14-23(29)18-24)37(35,36)25-16-9-6-10-17-25/h5-18,21,26H,4,19-20H2,1-3H3,(H,30,34)/t26-/m0/s1. The number of anilines is 1. The average molecular weight is 542 g/mol. The van der Waals surface area contributed by atoms with Crippen LogP contribution < -0.4 is 9.62 Å². The van der Waals surface area contributed by atoms with Gasteiger partial charge in [-0.05, 0) is 56.2 Å². The van der Waals surface area contributed by atoms with Crippen LogP contribution in [0.25, 0.3) is 0 Å². The van der Waals surface area contributed by atoms with Gasteiger partial charge in [-0.3, -0.25) is 13.9 Å². The summed E-state index contributed by atoms with van der Waals surface area (Å²) in [7, 11) is -4.12. The first-order valence-electron chi connectivity index (χ1n) is 12.1. The Morgan fingerprint density at radius 2 is 1.54 bits per heavy atom. The normalized spacial score (nSPS) is 12.1. The van der Waals surface area contributed by atoms with E-state index in [4.69, 9.17) is 11.6 Å². The third kappa shape index (κ3) is 7.33. The largest absolute Gasteiger partial charge is 0.352 e. The van der Waals surface area contributed by atoms with E-state index in [0.717, 1.165) is 9.87 Å². The van der Waals surface area contributed by atoms with Gasteiger partial charge in [-0.25, -0.2) is 8.42 Å². The molecule has 1 atom stereocenters. The van der Waals surface area contributed by atoms with Crippen molar-refractivity contribution < 1.29 is 18.0 Å². The molecule has 0 bridgehead atoms. The number of carbonyl (C=O) groups excluding carboxylic acids is 2. The molecule has 0 saturated carbocycles. The summed E-state index contributed by atoms with van der Waals surface area (Å²) in [5, 5.41) is 3.22. The number of carbonyl (C=O) groups is 2. The van der Waals surface area contributed by atoms with Crippen LogP contribution in [-0.4, -0.2) is 43.8 Å².